The Morgan fingerprint density at radius 3 is 2.25 bits per heavy atom. The van der Waals surface area contributed by atoms with Gasteiger partial charge in [0.15, 0.2) is 0 Å². The van der Waals surface area contributed by atoms with E-state index in [9.17, 15) is 17.3 Å². The molecule has 0 saturated carbocycles. The normalized spacial score (nSPS) is 11.4. The summed E-state index contributed by atoms with van der Waals surface area (Å²) >= 11 is 0. The van der Waals surface area contributed by atoms with Crippen molar-refractivity contribution in [1.29, 1.82) is 0 Å². The molecule has 0 aromatic heterocycles. The van der Waals surface area contributed by atoms with Crippen LogP contribution < -0.4 is 51.4 Å². The van der Waals surface area contributed by atoms with E-state index in [0.717, 1.165) is 4.90 Å². The van der Waals surface area contributed by atoms with Gasteiger partial charge in [0.25, 0.3) is 0 Å². The third-order valence-corrected chi connectivity index (χ3v) is 1.92. The Hall–Kier alpha value is 0.601. The van der Waals surface area contributed by atoms with Gasteiger partial charge in [-0.1, -0.05) is 18.2 Å². The van der Waals surface area contributed by atoms with Crippen molar-refractivity contribution in [3.8, 4) is 0 Å². The van der Waals surface area contributed by atoms with Gasteiger partial charge < -0.3 is 17.8 Å². The van der Waals surface area contributed by atoms with Crippen molar-refractivity contribution in [3.63, 3.8) is 0 Å². The average molecular weight is 259 g/mol. The molecule has 7 heteroatoms. The van der Waals surface area contributed by atoms with Gasteiger partial charge in [0.1, 0.15) is 5.82 Å². The molecule has 0 bridgehead atoms. The van der Waals surface area contributed by atoms with Crippen LogP contribution in [0.4, 0.5) is 17.3 Å². The van der Waals surface area contributed by atoms with E-state index in [2.05, 4.69) is 0 Å². The fourth-order valence-corrected chi connectivity index (χ4v) is 1.34. The van der Waals surface area contributed by atoms with Crippen LogP contribution >= 0.6 is 0 Å². The van der Waals surface area contributed by atoms with Crippen molar-refractivity contribution < 1.29 is 68.7 Å². The molecule has 0 unspecified atom stereocenters. The second-order valence-corrected chi connectivity index (χ2v) is 3.50. The van der Waals surface area contributed by atoms with E-state index >= 15 is 0 Å². The smallest absolute Gasteiger partial charge is 0.448 e. The molecule has 0 atom stereocenters. The zero-order valence-electron chi connectivity index (χ0n) is 9.26. The first-order valence-electron chi connectivity index (χ1n) is 4.51. The van der Waals surface area contributed by atoms with E-state index in [0.29, 0.717) is 0 Å². The Balaban J connectivity index is 0.00000225. The van der Waals surface area contributed by atoms with Gasteiger partial charge in [-0.15, -0.1) is 0 Å². The van der Waals surface area contributed by atoms with Gasteiger partial charge in [-0.3, -0.25) is 0 Å². The minimum Gasteiger partial charge on any atom is -0.448 e. The zero-order chi connectivity index (χ0) is 11.5. The molecule has 1 aromatic carbocycles. The largest absolute Gasteiger partial charge is 1.00 e. The molecule has 0 amide bonds. The number of halogens is 4. The summed E-state index contributed by atoms with van der Waals surface area (Å²) in [5.41, 5.74) is 0.278. The maximum Gasteiger partial charge on any atom is 1.00 e. The van der Waals surface area contributed by atoms with Gasteiger partial charge >= 0.3 is 58.4 Å². The molecule has 0 fully saturated rings. The molecule has 1 rings (SSSR count). The summed E-state index contributed by atoms with van der Waals surface area (Å²) in [6.45, 7) is -4.89. The van der Waals surface area contributed by atoms with Crippen LogP contribution in [0, 0.1) is 5.82 Å². The first-order valence-corrected chi connectivity index (χ1v) is 4.51. The number of benzene rings is 1. The molecule has 0 N–H and O–H groups in total. The molecule has 0 aliphatic carbocycles. The van der Waals surface area contributed by atoms with E-state index in [1.165, 1.54) is 25.2 Å². The van der Waals surface area contributed by atoms with E-state index in [1.807, 2.05) is 0 Å². The first kappa shape index (κ1) is 16.6. The van der Waals surface area contributed by atoms with E-state index in [4.69, 9.17) is 0 Å². The molecule has 0 spiro atoms. The van der Waals surface area contributed by atoms with Gasteiger partial charge in [0.05, 0.1) is 0 Å². The zero-order valence-corrected chi connectivity index (χ0v) is 12.4. The topological polar surface area (TPSA) is 3.24 Å². The Bertz CT molecular complexity index is 332. The Kier molecular flexibility index (Phi) is 7.40. The van der Waals surface area contributed by atoms with Crippen LogP contribution in [0.5, 0.6) is 0 Å². The molecule has 0 heterocycles. The van der Waals surface area contributed by atoms with E-state index in [1.54, 1.807) is 6.07 Å². The molecule has 1 nitrogen and oxygen atoms in total. The van der Waals surface area contributed by atoms with Crippen LogP contribution in [0.1, 0.15) is 5.56 Å². The third kappa shape index (κ3) is 6.36. The van der Waals surface area contributed by atoms with Crippen LogP contribution in [0.3, 0.4) is 0 Å². The fraction of sp³-hybridized carbons (Fsp3) is 0.333. The second kappa shape index (κ2) is 7.13. The summed E-state index contributed by atoms with van der Waals surface area (Å²) in [5, 5.41) is 0. The summed E-state index contributed by atoms with van der Waals surface area (Å²) in [6, 6.07) is 5.83. The van der Waals surface area contributed by atoms with Crippen LogP contribution in [0.15, 0.2) is 24.3 Å². The minimum absolute atomic E-state index is 0. The van der Waals surface area contributed by atoms with Gasteiger partial charge in [-0.2, -0.15) is 0 Å². The Morgan fingerprint density at radius 1 is 1.19 bits per heavy atom. The number of hydrogen-bond acceptors (Lipinski definition) is 1. The maximum absolute atomic E-state index is 13.1. The predicted octanol–water partition coefficient (Wildman–Crippen LogP) is -0.352. The van der Waals surface area contributed by atoms with Crippen molar-refractivity contribution in [2.45, 2.75) is 6.54 Å². The molecular weight excluding hydrogens is 248 g/mol. The average Bonchev–Trinajstić information content (AvgIpc) is 2.05. The van der Waals surface area contributed by atoms with Crippen molar-refractivity contribution >= 4 is 6.98 Å². The fourth-order valence-electron chi connectivity index (χ4n) is 1.34. The monoisotopic (exact) mass is 259 g/mol. The number of nitrogens with zero attached hydrogens (tertiary/aromatic N) is 1. The van der Waals surface area contributed by atoms with Gasteiger partial charge in [0.2, 0.25) is 0 Å². The molecule has 0 radical (unpaired) electrons. The molecule has 1 aromatic rings. The van der Waals surface area contributed by atoms with E-state index in [-0.39, 0.29) is 63.5 Å². The number of rotatable bonds is 4. The van der Waals surface area contributed by atoms with Crippen LogP contribution in [-0.2, 0) is 6.54 Å². The molecule has 0 saturated heterocycles. The van der Waals surface area contributed by atoms with E-state index < -0.39 is 19.2 Å². The standard InChI is InChI=1S/C9H11BF4N.K/c1-15(7-10(12,13)14)6-8-4-2-3-5-9(8)11;/h2-5H,6-7H2,1H3;/q-1;+1. The molecule has 84 valence electrons. The predicted molar refractivity (Wildman–Crippen MR) is 51.8 cm³/mol. The third-order valence-electron chi connectivity index (χ3n) is 1.92. The van der Waals surface area contributed by atoms with Gasteiger partial charge in [-0.05, 0) is 19.6 Å². The van der Waals surface area contributed by atoms with Crippen molar-refractivity contribution in [3.05, 3.63) is 35.6 Å². The maximum atomic E-state index is 13.1. The molecular formula is C9H11BF4KN. The minimum atomic E-state index is -4.85. The molecule has 16 heavy (non-hydrogen) atoms. The SMILES string of the molecule is CN(Cc1ccccc1F)C[B-](F)(F)F.[K+]. The van der Waals surface area contributed by atoms with Crippen LogP contribution in [-0.4, -0.2) is 25.4 Å². The van der Waals surface area contributed by atoms with Crippen LogP contribution in [0.25, 0.3) is 0 Å². The summed E-state index contributed by atoms with van der Waals surface area (Å²) in [6.07, 6.45) is -0.978. The first-order chi connectivity index (χ1) is 6.88. The van der Waals surface area contributed by atoms with Crippen molar-refractivity contribution in [1.82, 2.24) is 4.90 Å². The van der Waals surface area contributed by atoms with Crippen molar-refractivity contribution in [2.24, 2.45) is 0 Å². The van der Waals surface area contributed by atoms with Crippen LogP contribution in [0.2, 0.25) is 0 Å². The Labute approximate surface area is 135 Å². The molecule has 0 aliphatic heterocycles. The summed E-state index contributed by atoms with van der Waals surface area (Å²) < 4.78 is 49.2. The van der Waals surface area contributed by atoms with Gasteiger partial charge in [0, 0.05) is 12.1 Å². The quantitative estimate of drug-likeness (QED) is 0.527. The van der Waals surface area contributed by atoms with Crippen molar-refractivity contribution in [2.75, 3.05) is 13.5 Å². The molecule has 0 aliphatic rings. The second-order valence-electron chi connectivity index (χ2n) is 3.50. The summed E-state index contributed by atoms with van der Waals surface area (Å²) in [4.78, 5) is 1.05. The summed E-state index contributed by atoms with van der Waals surface area (Å²) in [5.74, 6) is -0.473. The number of hydrogen-bond donors (Lipinski definition) is 0. The Morgan fingerprint density at radius 2 is 1.75 bits per heavy atom. The summed E-state index contributed by atoms with van der Waals surface area (Å²) in [7, 11) is 1.32. The van der Waals surface area contributed by atoms with Gasteiger partial charge in [-0.25, -0.2) is 4.39 Å².